The van der Waals surface area contributed by atoms with E-state index in [1.807, 2.05) is 6.92 Å². The van der Waals surface area contributed by atoms with Gasteiger partial charge < -0.3 is 5.11 Å². The second-order valence-electron chi connectivity index (χ2n) is 3.45. The zero-order chi connectivity index (χ0) is 8.43. The minimum Gasteiger partial charge on any atom is -0.393 e. The summed E-state index contributed by atoms with van der Waals surface area (Å²) in [6, 6.07) is 0. The molecule has 0 amide bonds. The molecule has 0 aromatic rings. The Morgan fingerprint density at radius 3 is 2.64 bits per heavy atom. The molecular weight excluding hydrogens is 136 g/mol. The van der Waals surface area contributed by atoms with Crippen LogP contribution in [0, 0.1) is 11.8 Å². The summed E-state index contributed by atoms with van der Waals surface area (Å²) in [6.45, 7) is 6.08. The van der Waals surface area contributed by atoms with E-state index in [1.54, 1.807) is 0 Å². The molecule has 0 saturated heterocycles. The predicted octanol–water partition coefficient (Wildman–Crippen LogP) is 2.14. The quantitative estimate of drug-likeness (QED) is 0.610. The smallest absolute Gasteiger partial charge is 0.0580 e. The molecule has 62 valence electrons. The Hall–Kier alpha value is -0.560. The van der Waals surface area contributed by atoms with Gasteiger partial charge in [0.25, 0.3) is 0 Å². The van der Waals surface area contributed by atoms with Crippen molar-refractivity contribution in [3.63, 3.8) is 0 Å². The molecule has 0 heterocycles. The van der Waals surface area contributed by atoms with Gasteiger partial charge in [0, 0.05) is 5.92 Å². The first-order chi connectivity index (χ1) is 5.11. The standard InChI is InChI=1S/C10H16O/c1-7-4-5-10(9(3)11)8(2)6-7/h4-6,8-11H,1-3H3. The fraction of sp³-hybridized carbons (Fsp3) is 0.600. The van der Waals surface area contributed by atoms with Gasteiger partial charge in [0.05, 0.1) is 6.10 Å². The van der Waals surface area contributed by atoms with Gasteiger partial charge in [-0.05, 0) is 19.8 Å². The summed E-state index contributed by atoms with van der Waals surface area (Å²) in [7, 11) is 0. The lowest BCUT2D eigenvalue weighted by Crippen LogP contribution is -2.22. The minimum absolute atomic E-state index is 0.231. The molecule has 11 heavy (non-hydrogen) atoms. The van der Waals surface area contributed by atoms with Crippen molar-refractivity contribution in [1.29, 1.82) is 0 Å². The SMILES string of the molecule is CC1=CC(C)C(C(C)O)C=C1. The number of aliphatic hydroxyl groups is 1. The van der Waals surface area contributed by atoms with Crippen LogP contribution in [-0.4, -0.2) is 11.2 Å². The van der Waals surface area contributed by atoms with Crippen LogP contribution in [0.2, 0.25) is 0 Å². The summed E-state index contributed by atoms with van der Waals surface area (Å²) in [5.41, 5.74) is 1.30. The Morgan fingerprint density at radius 2 is 2.18 bits per heavy atom. The van der Waals surface area contributed by atoms with Gasteiger partial charge in [0.15, 0.2) is 0 Å². The van der Waals surface area contributed by atoms with Crippen LogP contribution in [0.25, 0.3) is 0 Å². The van der Waals surface area contributed by atoms with Crippen molar-refractivity contribution in [2.45, 2.75) is 26.9 Å². The molecule has 0 aromatic carbocycles. The van der Waals surface area contributed by atoms with Gasteiger partial charge in [0.1, 0.15) is 0 Å². The molecule has 1 heteroatoms. The fourth-order valence-corrected chi connectivity index (χ4v) is 1.62. The van der Waals surface area contributed by atoms with Crippen molar-refractivity contribution >= 4 is 0 Å². The summed E-state index contributed by atoms with van der Waals surface area (Å²) in [6.07, 6.45) is 6.16. The lowest BCUT2D eigenvalue weighted by molar-refractivity contribution is 0.130. The lowest BCUT2D eigenvalue weighted by Gasteiger charge is -2.24. The first-order valence-corrected chi connectivity index (χ1v) is 4.16. The van der Waals surface area contributed by atoms with E-state index < -0.39 is 0 Å². The number of hydrogen-bond donors (Lipinski definition) is 1. The number of aliphatic hydroxyl groups excluding tert-OH is 1. The molecule has 0 aromatic heterocycles. The zero-order valence-corrected chi connectivity index (χ0v) is 7.41. The Labute approximate surface area is 68.4 Å². The Balaban J connectivity index is 2.69. The number of hydrogen-bond acceptors (Lipinski definition) is 1. The van der Waals surface area contributed by atoms with Crippen molar-refractivity contribution in [2.75, 3.05) is 0 Å². The minimum atomic E-state index is -0.231. The molecule has 1 nitrogen and oxygen atoms in total. The van der Waals surface area contributed by atoms with Crippen LogP contribution < -0.4 is 0 Å². The van der Waals surface area contributed by atoms with Gasteiger partial charge in [-0.2, -0.15) is 0 Å². The average Bonchev–Trinajstić information content (AvgIpc) is 1.85. The Kier molecular flexibility index (Phi) is 2.50. The van der Waals surface area contributed by atoms with E-state index in [-0.39, 0.29) is 6.10 Å². The van der Waals surface area contributed by atoms with Crippen LogP contribution in [0.3, 0.4) is 0 Å². The van der Waals surface area contributed by atoms with E-state index in [1.165, 1.54) is 5.57 Å². The molecule has 0 fully saturated rings. The van der Waals surface area contributed by atoms with Crippen molar-refractivity contribution in [3.8, 4) is 0 Å². The van der Waals surface area contributed by atoms with Crippen molar-refractivity contribution < 1.29 is 5.11 Å². The second kappa shape index (κ2) is 3.22. The highest BCUT2D eigenvalue weighted by Crippen LogP contribution is 2.24. The van der Waals surface area contributed by atoms with E-state index in [4.69, 9.17) is 0 Å². The highest BCUT2D eigenvalue weighted by atomic mass is 16.3. The van der Waals surface area contributed by atoms with Crippen LogP contribution in [0.5, 0.6) is 0 Å². The van der Waals surface area contributed by atoms with Crippen molar-refractivity contribution in [2.24, 2.45) is 11.8 Å². The molecule has 3 unspecified atom stereocenters. The van der Waals surface area contributed by atoms with Crippen molar-refractivity contribution in [3.05, 3.63) is 23.8 Å². The van der Waals surface area contributed by atoms with Gasteiger partial charge >= 0.3 is 0 Å². The molecule has 0 aliphatic heterocycles. The van der Waals surface area contributed by atoms with Crippen LogP contribution in [0.4, 0.5) is 0 Å². The van der Waals surface area contributed by atoms with E-state index >= 15 is 0 Å². The third kappa shape index (κ3) is 1.93. The zero-order valence-electron chi connectivity index (χ0n) is 7.41. The van der Waals surface area contributed by atoms with Crippen LogP contribution in [0.1, 0.15) is 20.8 Å². The monoisotopic (exact) mass is 152 g/mol. The average molecular weight is 152 g/mol. The Morgan fingerprint density at radius 1 is 1.55 bits per heavy atom. The van der Waals surface area contributed by atoms with E-state index in [0.29, 0.717) is 11.8 Å². The van der Waals surface area contributed by atoms with Crippen LogP contribution >= 0.6 is 0 Å². The van der Waals surface area contributed by atoms with Gasteiger partial charge in [-0.15, -0.1) is 0 Å². The molecule has 0 radical (unpaired) electrons. The predicted molar refractivity (Wildman–Crippen MR) is 47.2 cm³/mol. The highest BCUT2D eigenvalue weighted by molar-refractivity contribution is 5.23. The number of allylic oxidation sites excluding steroid dienone is 3. The summed E-state index contributed by atoms with van der Waals surface area (Å²) >= 11 is 0. The molecule has 3 atom stereocenters. The third-order valence-corrected chi connectivity index (χ3v) is 2.27. The van der Waals surface area contributed by atoms with E-state index in [9.17, 15) is 5.11 Å². The summed E-state index contributed by atoms with van der Waals surface area (Å²) in [4.78, 5) is 0. The molecule has 1 N–H and O–H groups in total. The van der Waals surface area contributed by atoms with Crippen LogP contribution in [-0.2, 0) is 0 Å². The van der Waals surface area contributed by atoms with E-state index in [0.717, 1.165) is 0 Å². The first-order valence-electron chi connectivity index (χ1n) is 4.16. The van der Waals surface area contributed by atoms with Gasteiger partial charge in [-0.25, -0.2) is 0 Å². The maximum atomic E-state index is 9.35. The van der Waals surface area contributed by atoms with Crippen molar-refractivity contribution in [1.82, 2.24) is 0 Å². The molecular formula is C10H16O. The molecule has 1 rings (SSSR count). The second-order valence-corrected chi connectivity index (χ2v) is 3.45. The summed E-state index contributed by atoms with van der Waals surface area (Å²) < 4.78 is 0. The van der Waals surface area contributed by atoms with Gasteiger partial charge in [-0.1, -0.05) is 30.7 Å². The van der Waals surface area contributed by atoms with Gasteiger partial charge in [0.2, 0.25) is 0 Å². The third-order valence-electron chi connectivity index (χ3n) is 2.27. The summed E-state index contributed by atoms with van der Waals surface area (Å²) in [5, 5.41) is 9.35. The van der Waals surface area contributed by atoms with Crippen LogP contribution in [0.15, 0.2) is 23.8 Å². The maximum Gasteiger partial charge on any atom is 0.0580 e. The molecule has 1 aliphatic rings. The summed E-state index contributed by atoms with van der Waals surface area (Å²) in [5.74, 6) is 0.777. The van der Waals surface area contributed by atoms with Gasteiger partial charge in [-0.3, -0.25) is 0 Å². The lowest BCUT2D eigenvalue weighted by atomic mass is 9.84. The fourth-order valence-electron chi connectivity index (χ4n) is 1.62. The Bertz CT molecular complexity index is 189. The normalized spacial score (nSPS) is 33.3. The molecule has 1 aliphatic carbocycles. The molecule has 0 saturated carbocycles. The molecule has 0 spiro atoms. The maximum absolute atomic E-state index is 9.35. The largest absolute Gasteiger partial charge is 0.393 e. The first kappa shape index (κ1) is 8.54. The van der Waals surface area contributed by atoms with E-state index in [2.05, 4.69) is 32.1 Å². The number of rotatable bonds is 1. The topological polar surface area (TPSA) is 20.2 Å². The molecule has 0 bridgehead atoms. The highest BCUT2D eigenvalue weighted by Gasteiger charge is 2.19.